The Hall–Kier alpha value is -2.69. The Morgan fingerprint density at radius 1 is 1.19 bits per heavy atom. The quantitative estimate of drug-likeness (QED) is 0.682. The minimum absolute atomic E-state index is 0.0843. The number of aryl methyl sites for hydroxylation is 1. The summed E-state index contributed by atoms with van der Waals surface area (Å²) < 4.78 is 2.29. The first-order chi connectivity index (χ1) is 13.3. The van der Waals surface area contributed by atoms with Gasteiger partial charge in [0.2, 0.25) is 0 Å². The van der Waals surface area contributed by atoms with E-state index in [0.717, 1.165) is 43.4 Å². The van der Waals surface area contributed by atoms with Crippen molar-refractivity contribution >= 4 is 16.8 Å². The highest BCUT2D eigenvalue weighted by Gasteiger charge is 2.27. The number of carbonyl (C=O) groups excluding carboxylic acids is 1. The van der Waals surface area contributed by atoms with Gasteiger partial charge in [0.05, 0.1) is 11.1 Å². The van der Waals surface area contributed by atoms with Crippen molar-refractivity contribution in [2.75, 3.05) is 13.1 Å². The Morgan fingerprint density at radius 2 is 2.00 bits per heavy atom. The summed E-state index contributed by atoms with van der Waals surface area (Å²) in [6, 6.07) is 9.86. The number of carbonyl (C=O) groups is 1. The molecule has 2 aromatic heterocycles. The van der Waals surface area contributed by atoms with Crippen LogP contribution < -0.4 is 0 Å². The Labute approximate surface area is 160 Å². The first kappa shape index (κ1) is 17.7. The molecule has 3 aromatic rings. The smallest absolute Gasteiger partial charge is 0.255 e. The molecule has 0 bridgehead atoms. The lowest BCUT2D eigenvalue weighted by atomic mass is 9.95. The van der Waals surface area contributed by atoms with Crippen LogP contribution in [0.15, 0.2) is 48.9 Å². The molecular formula is C22H26N4O. The molecule has 1 aliphatic rings. The minimum Gasteiger partial charge on any atom is -0.339 e. The molecule has 0 N–H and O–H groups in total. The molecule has 5 heteroatoms. The van der Waals surface area contributed by atoms with Crippen LogP contribution in [-0.4, -0.2) is 38.4 Å². The van der Waals surface area contributed by atoms with Crippen LogP contribution in [0.3, 0.4) is 0 Å². The van der Waals surface area contributed by atoms with E-state index < -0.39 is 0 Å². The summed E-state index contributed by atoms with van der Waals surface area (Å²) in [6.07, 6.45) is 9.99. The molecule has 3 heterocycles. The molecule has 1 saturated heterocycles. The second-order valence-electron chi connectivity index (χ2n) is 7.32. The Kier molecular flexibility index (Phi) is 5.19. The highest BCUT2D eigenvalue weighted by Crippen LogP contribution is 2.28. The molecular weight excluding hydrogens is 336 g/mol. The number of para-hydroxylation sites is 1. The van der Waals surface area contributed by atoms with E-state index in [-0.39, 0.29) is 5.91 Å². The molecule has 1 amide bonds. The largest absolute Gasteiger partial charge is 0.339 e. The van der Waals surface area contributed by atoms with E-state index in [1.54, 1.807) is 6.20 Å². The van der Waals surface area contributed by atoms with Crippen molar-refractivity contribution in [1.82, 2.24) is 19.4 Å². The molecule has 0 unspecified atom stereocenters. The van der Waals surface area contributed by atoms with Crippen molar-refractivity contribution < 1.29 is 4.79 Å². The first-order valence-electron chi connectivity index (χ1n) is 9.91. The molecule has 1 fully saturated rings. The van der Waals surface area contributed by atoms with Crippen LogP contribution in [-0.2, 0) is 6.54 Å². The van der Waals surface area contributed by atoms with Crippen LogP contribution in [0.4, 0.5) is 0 Å². The summed E-state index contributed by atoms with van der Waals surface area (Å²) in [5, 5.41) is 1.01. The van der Waals surface area contributed by atoms with Crippen LogP contribution in [0.2, 0.25) is 0 Å². The molecule has 4 rings (SSSR count). The van der Waals surface area contributed by atoms with E-state index in [1.807, 2.05) is 41.4 Å². The number of imidazole rings is 1. The van der Waals surface area contributed by atoms with E-state index >= 15 is 0 Å². The Morgan fingerprint density at radius 3 is 2.81 bits per heavy atom. The standard InChI is InChI=1S/C22H26N4O/c1-2-3-11-25-14-10-23-21(25)17-8-12-26(13-9-17)22(27)19-15-18-6-4-5-7-20(18)24-16-19/h4-7,10,14-17H,2-3,8-9,11-13H2,1H3. The summed E-state index contributed by atoms with van der Waals surface area (Å²) in [5.41, 5.74) is 1.60. The van der Waals surface area contributed by atoms with Gasteiger partial charge in [-0.1, -0.05) is 31.5 Å². The van der Waals surface area contributed by atoms with Gasteiger partial charge in [0.1, 0.15) is 5.82 Å². The zero-order valence-corrected chi connectivity index (χ0v) is 15.8. The fraction of sp³-hybridized carbons (Fsp3) is 0.409. The summed E-state index contributed by atoms with van der Waals surface area (Å²) in [7, 11) is 0. The van der Waals surface area contributed by atoms with Crippen LogP contribution in [0, 0.1) is 0 Å². The van der Waals surface area contributed by atoms with Crippen LogP contribution in [0.5, 0.6) is 0 Å². The summed E-state index contributed by atoms with van der Waals surface area (Å²) in [4.78, 5) is 23.9. The molecule has 0 radical (unpaired) electrons. The number of hydrogen-bond acceptors (Lipinski definition) is 3. The number of fused-ring (bicyclic) bond motifs is 1. The molecule has 140 valence electrons. The number of unbranched alkanes of at least 4 members (excludes halogenated alkanes) is 1. The number of nitrogens with zero attached hydrogens (tertiary/aromatic N) is 4. The van der Waals surface area contributed by atoms with Gasteiger partial charge in [0, 0.05) is 49.5 Å². The molecule has 1 aromatic carbocycles. The van der Waals surface area contributed by atoms with Crippen LogP contribution >= 0.6 is 0 Å². The molecule has 0 aliphatic carbocycles. The average Bonchev–Trinajstić information content (AvgIpc) is 3.20. The van der Waals surface area contributed by atoms with Gasteiger partial charge in [-0.3, -0.25) is 9.78 Å². The molecule has 5 nitrogen and oxygen atoms in total. The average molecular weight is 362 g/mol. The number of aromatic nitrogens is 3. The van der Waals surface area contributed by atoms with Crippen molar-refractivity contribution in [2.24, 2.45) is 0 Å². The Balaban J connectivity index is 1.42. The fourth-order valence-electron chi connectivity index (χ4n) is 3.91. The Bertz CT molecular complexity index is 925. The third-order valence-corrected chi connectivity index (χ3v) is 5.49. The molecule has 0 spiro atoms. The van der Waals surface area contributed by atoms with Gasteiger partial charge in [-0.2, -0.15) is 0 Å². The first-order valence-corrected chi connectivity index (χ1v) is 9.91. The maximum Gasteiger partial charge on any atom is 0.255 e. The van der Waals surface area contributed by atoms with Crippen LogP contribution in [0.1, 0.15) is 54.7 Å². The van der Waals surface area contributed by atoms with E-state index in [4.69, 9.17) is 0 Å². The predicted molar refractivity (Wildman–Crippen MR) is 107 cm³/mol. The summed E-state index contributed by atoms with van der Waals surface area (Å²) in [5.74, 6) is 1.71. The normalized spacial score (nSPS) is 15.4. The van der Waals surface area contributed by atoms with Crippen molar-refractivity contribution in [2.45, 2.75) is 45.1 Å². The highest BCUT2D eigenvalue weighted by molar-refractivity contribution is 5.97. The van der Waals surface area contributed by atoms with Gasteiger partial charge in [0.25, 0.3) is 5.91 Å². The maximum atomic E-state index is 12.9. The SMILES string of the molecule is CCCCn1ccnc1C1CCN(C(=O)c2cnc3ccccc3c2)CC1. The van der Waals surface area contributed by atoms with Crippen molar-refractivity contribution in [3.05, 3.63) is 60.3 Å². The molecule has 27 heavy (non-hydrogen) atoms. The van der Waals surface area contributed by atoms with Crippen molar-refractivity contribution in [3.63, 3.8) is 0 Å². The lowest BCUT2D eigenvalue weighted by Crippen LogP contribution is -2.38. The van der Waals surface area contributed by atoms with Gasteiger partial charge < -0.3 is 9.47 Å². The lowest BCUT2D eigenvalue weighted by Gasteiger charge is -2.32. The number of likely N-dealkylation sites (tertiary alicyclic amines) is 1. The zero-order chi connectivity index (χ0) is 18.6. The van der Waals surface area contributed by atoms with Gasteiger partial charge >= 0.3 is 0 Å². The van der Waals surface area contributed by atoms with E-state index in [2.05, 4.69) is 27.7 Å². The number of benzene rings is 1. The number of pyridine rings is 1. The highest BCUT2D eigenvalue weighted by atomic mass is 16.2. The van der Waals surface area contributed by atoms with Crippen LogP contribution in [0.25, 0.3) is 10.9 Å². The van der Waals surface area contributed by atoms with Crippen molar-refractivity contribution in [3.8, 4) is 0 Å². The molecule has 0 atom stereocenters. The van der Waals surface area contributed by atoms with Crippen molar-refractivity contribution in [1.29, 1.82) is 0 Å². The topological polar surface area (TPSA) is 51.0 Å². The molecule has 1 aliphatic heterocycles. The zero-order valence-electron chi connectivity index (χ0n) is 15.8. The predicted octanol–water partition coefficient (Wildman–Crippen LogP) is 4.25. The fourth-order valence-corrected chi connectivity index (χ4v) is 3.91. The molecule has 0 saturated carbocycles. The van der Waals surface area contributed by atoms with Gasteiger partial charge in [0.15, 0.2) is 0 Å². The third kappa shape index (κ3) is 3.72. The summed E-state index contributed by atoms with van der Waals surface area (Å²) >= 11 is 0. The number of amides is 1. The number of rotatable bonds is 5. The van der Waals surface area contributed by atoms with Gasteiger partial charge in [-0.05, 0) is 31.4 Å². The van der Waals surface area contributed by atoms with Gasteiger partial charge in [-0.25, -0.2) is 4.98 Å². The second-order valence-corrected chi connectivity index (χ2v) is 7.32. The van der Waals surface area contributed by atoms with Gasteiger partial charge in [-0.15, -0.1) is 0 Å². The number of piperidine rings is 1. The minimum atomic E-state index is 0.0843. The second kappa shape index (κ2) is 7.91. The maximum absolute atomic E-state index is 12.9. The lowest BCUT2D eigenvalue weighted by molar-refractivity contribution is 0.0710. The summed E-state index contributed by atoms with van der Waals surface area (Å²) in [6.45, 7) is 4.80. The van der Waals surface area contributed by atoms with E-state index in [1.165, 1.54) is 18.7 Å². The van der Waals surface area contributed by atoms with E-state index in [9.17, 15) is 4.79 Å². The monoisotopic (exact) mass is 362 g/mol. The number of hydrogen-bond donors (Lipinski definition) is 0. The van der Waals surface area contributed by atoms with E-state index in [0.29, 0.717) is 11.5 Å². The third-order valence-electron chi connectivity index (χ3n) is 5.49.